The summed E-state index contributed by atoms with van der Waals surface area (Å²) in [6, 6.07) is 0. The van der Waals surface area contributed by atoms with Crippen LogP contribution in [0.1, 0.15) is 12.8 Å². The summed E-state index contributed by atoms with van der Waals surface area (Å²) >= 11 is 0. The van der Waals surface area contributed by atoms with Crippen LogP contribution in [-0.4, -0.2) is 32.2 Å². The minimum Gasteiger partial charge on any atom is -0.381 e. The number of piperidine rings is 1. The van der Waals surface area contributed by atoms with Gasteiger partial charge in [-0.1, -0.05) is 0 Å². The zero-order chi connectivity index (χ0) is 8.66. The first-order valence-corrected chi connectivity index (χ1v) is 4.33. The Bertz CT molecular complexity index is 178. The maximum atomic E-state index is 13.4. The van der Waals surface area contributed by atoms with Crippen molar-refractivity contribution in [2.75, 3.05) is 26.3 Å². The Labute approximate surface area is 70.3 Å². The predicted octanol–water partition coefficient (Wildman–Crippen LogP) is 1.02. The Balaban J connectivity index is 2.19. The molecular weight excluding hydrogens is 164 g/mol. The molecule has 2 nitrogen and oxygen atoms in total. The van der Waals surface area contributed by atoms with E-state index in [0.29, 0.717) is 26.1 Å². The summed E-state index contributed by atoms with van der Waals surface area (Å²) in [6.07, 6.45) is 0.448. The second-order valence-corrected chi connectivity index (χ2v) is 3.71. The van der Waals surface area contributed by atoms with Gasteiger partial charge in [0, 0.05) is 26.1 Å². The zero-order valence-electron chi connectivity index (χ0n) is 6.91. The molecule has 2 aliphatic heterocycles. The second kappa shape index (κ2) is 2.64. The summed E-state index contributed by atoms with van der Waals surface area (Å²) in [6.45, 7) is 1.53. The van der Waals surface area contributed by atoms with Gasteiger partial charge < -0.3 is 10.1 Å². The first-order valence-electron chi connectivity index (χ1n) is 4.33. The fourth-order valence-corrected chi connectivity index (χ4v) is 2.00. The standard InChI is InChI=1S/C8H13F2NO/c9-8(10)1-3-11-5-7(8)2-4-12-6-7/h11H,1-6H2. The lowest BCUT2D eigenvalue weighted by molar-refractivity contribution is -0.141. The van der Waals surface area contributed by atoms with E-state index in [2.05, 4.69) is 5.32 Å². The third-order valence-electron chi connectivity index (χ3n) is 2.96. The highest BCUT2D eigenvalue weighted by atomic mass is 19.3. The molecule has 0 aromatic rings. The lowest BCUT2D eigenvalue weighted by Crippen LogP contribution is -2.54. The zero-order valence-corrected chi connectivity index (χ0v) is 6.91. The molecule has 1 N–H and O–H groups in total. The average molecular weight is 177 g/mol. The van der Waals surface area contributed by atoms with Gasteiger partial charge in [0.05, 0.1) is 12.0 Å². The summed E-state index contributed by atoms with van der Waals surface area (Å²) in [4.78, 5) is 0. The Kier molecular flexibility index (Phi) is 1.84. The lowest BCUT2D eigenvalue weighted by atomic mass is 9.77. The minimum atomic E-state index is -2.53. The SMILES string of the molecule is FC1(F)CCNCC12CCOC2. The molecule has 4 heteroatoms. The molecule has 2 aliphatic rings. The van der Waals surface area contributed by atoms with Crippen LogP contribution in [0.25, 0.3) is 0 Å². The first kappa shape index (κ1) is 8.38. The molecule has 2 rings (SSSR count). The van der Waals surface area contributed by atoms with Gasteiger partial charge in [-0.15, -0.1) is 0 Å². The average Bonchev–Trinajstić information content (AvgIpc) is 2.46. The van der Waals surface area contributed by atoms with Crippen LogP contribution >= 0.6 is 0 Å². The van der Waals surface area contributed by atoms with Crippen molar-refractivity contribution in [3.05, 3.63) is 0 Å². The molecule has 0 bridgehead atoms. The Hall–Kier alpha value is -0.220. The van der Waals surface area contributed by atoms with Crippen LogP contribution in [0, 0.1) is 5.41 Å². The van der Waals surface area contributed by atoms with Crippen LogP contribution in [0.3, 0.4) is 0 Å². The molecule has 70 valence electrons. The number of alkyl halides is 2. The van der Waals surface area contributed by atoms with E-state index >= 15 is 0 Å². The van der Waals surface area contributed by atoms with Crippen molar-refractivity contribution in [2.24, 2.45) is 5.41 Å². The molecule has 1 atom stereocenters. The molecule has 1 spiro atoms. The maximum absolute atomic E-state index is 13.4. The van der Waals surface area contributed by atoms with Gasteiger partial charge in [0.1, 0.15) is 0 Å². The van der Waals surface area contributed by atoms with E-state index in [1.54, 1.807) is 0 Å². The lowest BCUT2D eigenvalue weighted by Gasteiger charge is -2.40. The largest absolute Gasteiger partial charge is 0.381 e. The molecule has 12 heavy (non-hydrogen) atoms. The molecule has 2 heterocycles. The normalized spacial score (nSPS) is 40.5. The van der Waals surface area contributed by atoms with Gasteiger partial charge in [0.15, 0.2) is 0 Å². The van der Waals surface area contributed by atoms with Crippen molar-refractivity contribution in [1.82, 2.24) is 5.32 Å². The summed E-state index contributed by atoms with van der Waals surface area (Å²) in [5.41, 5.74) is -0.898. The van der Waals surface area contributed by atoms with Crippen molar-refractivity contribution < 1.29 is 13.5 Å². The number of hydrogen-bond acceptors (Lipinski definition) is 2. The monoisotopic (exact) mass is 177 g/mol. The van der Waals surface area contributed by atoms with Crippen LogP contribution in [0.5, 0.6) is 0 Å². The van der Waals surface area contributed by atoms with E-state index in [0.717, 1.165) is 0 Å². The van der Waals surface area contributed by atoms with Crippen molar-refractivity contribution in [3.63, 3.8) is 0 Å². The van der Waals surface area contributed by atoms with Crippen molar-refractivity contribution in [2.45, 2.75) is 18.8 Å². The van der Waals surface area contributed by atoms with E-state index in [1.807, 2.05) is 0 Å². The molecule has 1 unspecified atom stereocenters. The number of hydrogen-bond donors (Lipinski definition) is 1. The molecule has 2 saturated heterocycles. The third kappa shape index (κ3) is 1.05. The summed E-state index contributed by atoms with van der Waals surface area (Å²) < 4.78 is 31.9. The topological polar surface area (TPSA) is 21.3 Å². The van der Waals surface area contributed by atoms with Crippen molar-refractivity contribution >= 4 is 0 Å². The maximum Gasteiger partial charge on any atom is 0.258 e. The quantitative estimate of drug-likeness (QED) is 0.596. The molecule has 0 saturated carbocycles. The fraction of sp³-hybridized carbons (Fsp3) is 1.00. The molecule has 2 fully saturated rings. The minimum absolute atomic E-state index is 0.0453. The van der Waals surface area contributed by atoms with Crippen molar-refractivity contribution in [3.8, 4) is 0 Å². The summed E-state index contributed by atoms with van der Waals surface area (Å²) in [7, 11) is 0. The van der Waals surface area contributed by atoms with Crippen LogP contribution in [-0.2, 0) is 4.74 Å². The molecule has 0 aromatic carbocycles. The van der Waals surface area contributed by atoms with Crippen LogP contribution < -0.4 is 5.32 Å². The van der Waals surface area contributed by atoms with Crippen molar-refractivity contribution in [1.29, 1.82) is 0 Å². The van der Waals surface area contributed by atoms with Gasteiger partial charge in [-0.05, 0) is 6.42 Å². The highest BCUT2D eigenvalue weighted by molar-refractivity contribution is 4.99. The van der Waals surface area contributed by atoms with E-state index in [9.17, 15) is 8.78 Å². The number of halogens is 2. The molecule has 0 aromatic heterocycles. The van der Waals surface area contributed by atoms with Gasteiger partial charge >= 0.3 is 0 Å². The van der Waals surface area contributed by atoms with E-state index < -0.39 is 11.3 Å². The smallest absolute Gasteiger partial charge is 0.258 e. The van der Waals surface area contributed by atoms with E-state index in [4.69, 9.17) is 4.74 Å². The number of ether oxygens (including phenoxy) is 1. The Morgan fingerprint density at radius 3 is 2.67 bits per heavy atom. The van der Waals surface area contributed by atoms with Crippen LogP contribution in [0.15, 0.2) is 0 Å². The van der Waals surface area contributed by atoms with Gasteiger partial charge in [-0.2, -0.15) is 0 Å². The summed E-state index contributed by atoms with van der Waals surface area (Å²) in [5, 5.41) is 3.01. The van der Waals surface area contributed by atoms with Crippen LogP contribution in [0.4, 0.5) is 8.78 Å². The molecule has 0 radical (unpaired) electrons. The number of rotatable bonds is 0. The Morgan fingerprint density at radius 2 is 2.08 bits per heavy atom. The van der Waals surface area contributed by atoms with Gasteiger partial charge in [-0.3, -0.25) is 0 Å². The van der Waals surface area contributed by atoms with E-state index in [1.165, 1.54) is 0 Å². The first-order chi connectivity index (χ1) is 5.66. The third-order valence-corrected chi connectivity index (χ3v) is 2.96. The highest BCUT2D eigenvalue weighted by Gasteiger charge is 2.56. The second-order valence-electron chi connectivity index (χ2n) is 3.71. The summed E-state index contributed by atoms with van der Waals surface area (Å²) in [5.74, 6) is -2.53. The van der Waals surface area contributed by atoms with Gasteiger partial charge in [-0.25, -0.2) is 8.78 Å². The number of nitrogens with one attached hydrogen (secondary N) is 1. The molecule has 0 amide bonds. The predicted molar refractivity (Wildman–Crippen MR) is 40.3 cm³/mol. The Morgan fingerprint density at radius 1 is 1.25 bits per heavy atom. The molecular formula is C8H13F2NO. The molecule has 0 aliphatic carbocycles. The fourth-order valence-electron chi connectivity index (χ4n) is 2.00. The van der Waals surface area contributed by atoms with Gasteiger partial charge in [0.2, 0.25) is 0 Å². The highest BCUT2D eigenvalue weighted by Crippen LogP contribution is 2.46. The van der Waals surface area contributed by atoms with Gasteiger partial charge in [0.25, 0.3) is 5.92 Å². The van der Waals surface area contributed by atoms with E-state index in [-0.39, 0.29) is 13.0 Å². The van der Waals surface area contributed by atoms with Crippen LogP contribution in [0.2, 0.25) is 0 Å².